The minimum atomic E-state index is -0.132. The first-order valence-electron chi connectivity index (χ1n) is 7.23. The van der Waals surface area contributed by atoms with Crippen LogP contribution in [0.15, 0.2) is 24.3 Å². The van der Waals surface area contributed by atoms with Crippen LogP contribution in [0.5, 0.6) is 0 Å². The molecule has 2 heterocycles. The molecule has 0 radical (unpaired) electrons. The number of hydrogen-bond acceptors (Lipinski definition) is 3. The molecule has 1 aromatic carbocycles. The van der Waals surface area contributed by atoms with E-state index in [1.165, 1.54) is 0 Å². The number of likely N-dealkylation sites (tertiary alicyclic amines) is 1. The Morgan fingerprint density at radius 2 is 2.00 bits per heavy atom. The number of carbonyl (C=O) groups is 1. The van der Waals surface area contributed by atoms with E-state index in [1.54, 1.807) is 0 Å². The van der Waals surface area contributed by atoms with Gasteiger partial charge in [0.2, 0.25) is 5.91 Å². The van der Waals surface area contributed by atoms with E-state index < -0.39 is 0 Å². The van der Waals surface area contributed by atoms with Crippen molar-refractivity contribution in [1.82, 2.24) is 10.2 Å². The van der Waals surface area contributed by atoms with Crippen LogP contribution in [0.25, 0.3) is 0 Å². The van der Waals surface area contributed by atoms with Crippen molar-refractivity contribution in [2.45, 2.75) is 25.8 Å². The van der Waals surface area contributed by atoms with Crippen LogP contribution in [0.4, 0.5) is 0 Å². The number of nitrogens with zero attached hydrogens (tertiary/aromatic N) is 2. The fraction of sp³-hybridized carbons (Fsp3) is 0.500. The molecule has 4 heteroatoms. The summed E-state index contributed by atoms with van der Waals surface area (Å²) in [5.41, 5.74) is 1.49. The van der Waals surface area contributed by atoms with Gasteiger partial charge in [0, 0.05) is 13.1 Å². The molecule has 0 saturated carbocycles. The number of rotatable bonds is 2. The molecule has 104 valence electrons. The van der Waals surface area contributed by atoms with Crippen LogP contribution >= 0.6 is 0 Å². The van der Waals surface area contributed by atoms with Crippen LogP contribution in [0.3, 0.4) is 0 Å². The molecule has 3 rings (SSSR count). The van der Waals surface area contributed by atoms with Gasteiger partial charge in [0.25, 0.3) is 0 Å². The molecule has 0 atom stereocenters. The second kappa shape index (κ2) is 5.26. The zero-order valence-electron chi connectivity index (χ0n) is 11.6. The van der Waals surface area contributed by atoms with Crippen molar-refractivity contribution in [3.05, 3.63) is 35.4 Å². The summed E-state index contributed by atoms with van der Waals surface area (Å²) in [6.07, 6.45) is 2.85. The van der Waals surface area contributed by atoms with Gasteiger partial charge in [-0.3, -0.25) is 4.79 Å². The van der Waals surface area contributed by atoms with Crippen molar-refractivity contribution in [3.8, 4) is 6.07 Å². The Labute approximate surface area is 119 Å². The molecule has 2 aliphatic rings. The Hall–Kier alpha value is -1.86. The lowest BCUT2D eigenvalue weighted by Crippen LogP contribution is -2.42. The number of hydrogen-bond donors (Lipinski definition) is 1. The lowest BCUT2D eigenvalue weighted by Gasteiger charge is -2.32. The molecule has 2 saturated heterocycles. The van der Waals surface area contributed by atoms with Gasteiger partial charge in [0.1, 0.15) is 0 Å². The highest BCUT2D eigenvalue weighted by Crippen LogP contribution is 2.40. The number of amides is 1. The van der Waals surface area contributed by atoms with Crippen molar-refractivity contribution in [2.24, 2.45) is 5.41 Å². The number of benzene rings is 1. The zero-order valence-corrected chi connectivity index (χ0v) is 11.6. The molecule has 4 nitrogen and oxygen atoms in total. The van der Waals surface area contributed by atoms with E-state index in [4.69, 9.17) is 5.26 Å². The van der Waals surface area contributed by atoms with Gasteiger partial charge < -0.3 is 10.2 Å². The Morgan fingerprint density at radius 1 is 1.25 bits per heavy atom. The van der Waals surface area contributed by atoms with Gasteiger partial charge in [0.05, 0.1) is 17.0 Å². The van der Waals surface area contributed by atoms with Gasteiger partial charge in [-0.05, 0) is 44.0 Å². The second-order valence-corrected chi connectivity index (χ2v) is 5.78. The van der Waals surface area contributed by atoms with Crippen LogP contribution in [-0.2, 0) is 11.3 Å². The molecule has 2 aliphatic heterocycles. The number of carbonyl (C=O) groups excluding carboxylic acids is 1. The molecular weight excluding hydrogens is 250 g/mol. The summed E-state index contributed by atoms with van der Waals surface area (Å²) < 4.78 is 0. The quantitative estimate of drug-likeness (QED) is 0.888. The third-order valence-corrected chi connectivity index (χ3v) is 4.66. The van der Waals surface area contributed by atoms with Crippen LogP contribution in [0.2, 0.25) is 0 Å². The molecule has 0 bridgehead atoms. The maximum absolute atomic E-state index is 12.7. The minimum Gasteiger partial charge on any atom is -0.338 e. The summed E-state index contributed by atoms with van der Waals surface area (Å²) in [4.78, 5) is 14.6. The summed E-state index contributed by atoms with van der Waals surface area (Å²) in [7, 11) is 0. The Morgan fingerprint density at radius 3 is 2.75 bits per heavy atom. The first-order valence-corrected chi connectivity index (χ1v) is 7.23. The number of nitriles is 1. The SMILES string of the molecule is N#Cc1ccccc1CN1CCC2(CCNCC2)C1=O. The van der Waals surface area contributed by atoms with Crippen molar-refractivity contribution in [2.75, 3.05) is 19.6 Å². The topological polar surface area (TPSA) is 56.1 Å². The standard InChI is InChI=1S/C16H19N3O/c17-11-13-3-1-2-4-14(13)12-19-10-7-16(15(19)20)5-8-18-9-6-16/h1-4,18H,5-10,12H2. The van der Waals surface area contributed by atoms with Crippen molar-refractivity contribution in [3.63, 3.8) is 0 Å². The van der Waals surface area contributed by atoms with Crippen LogP contribution < -0.4 is 5.32 Å². The largest absolute Gasteiger partial charge is 0.338 e. The van der Waals surface area contributed by atoms with Gasteiger partial charge in [-0.15, -0.1) is 0 Å². The molecule has 0 unspecified atom stereocenters. The van der Waals surface area contributed by atoms with Crippen molar-refractivity contribution >= 4 is 5.91 Å². The predicted molar refractivity (Wildman–Crippen MR) is 75.7 cm³/mol. The highest BCUT2D eigenvalue weighted by atomic mass is 16.2. The van der Waals surface area contributed by atoms with Crippen molar-refractivity contribution < 1.29 is 4.79 Å². The Kier molecular flexibility index (Phi) is 3.45. The monoisotopic (exact) mass is 269 g/mol. The Balaban J connectivity index is 1.76. The van der Waals surface area contributed by atoms with E-state index in [2.05, 4.69) is 11.4 Å². The van der Waals surface area contributed by atoms with Gasteiger partial charge in [-0.1, -0.05) is 18.2 Å². The molecule has 1 N–H and O–H groups in total. The van der Waals surface area contributed by atoms with E-state index in [-0.39, 0.29) is 11.3 Å². The third-order valence-electron chi connectivity index (χ3n) is 4.66. The molecular formula is C16H19N3O. The average molecular weight is 269 g/mol. The van der Waals surface area contributed by atoms with Gasteiger partial charge in [-0.2, -0.15) is 5.26 Å². The van der Waals surface area contributed by atoms with Crippen LogP contribution in [-0.4, -0.2) is 30.4 Å². The summed E-state index contributed by atoms with van der Waals surface area (Å²) in [5, 5.41) is 12.5. The van der Waals surface area contributed by atoms with Crippen LogP contribution in [0, 0.1) is 16.7 Å². The molecule has 20 heavy (non-hydrogen) atoms. The van der Waals surface area contributed by atoms with E-state index in [0.717, 1.165) is 44.5 Å². The van der Waals surface area contributed by atoms with Gasteiger partial charge in [0.15, 0.2) is 0 Å². The minimum absolute atomic E-state index is 0.132. The fourth-order valence-corrected chi connectivity index (χ4v) is 3.39. The fourth-order valence-electron chi connectivity index (χ4n) is 3.39. The predicted octanol–water partition coefficient (Wildman–Crippen LogP) is 1.66. The lowest BCUT2D eigenvalue weighted by molar-refractivity contribution is -0.137. The first-order chi connectivity index (χ1) is 9.75. The smallest absolute Gasteiger partial charge is 0.229 e. The normalized spacial score (nSPS) is 21.1. The summed E-state index contributed by atoms with van der Waals surface area (Å²) in [6, 6.07) is 9.76. The van der Waals surface area contributed by atoms with Crippen molar-refractivity contribution in [1.29, 1.82) is 5.26 Å². The van der Waals surface area contributed by atoms with E-state index in [9.17, 15) is 4.79 Å². The molecule has 1 amide bonds. The molecule has 2 fully saturated rings. The highest BCUT2D eigenvalue weighted by Gasteiger charge is 2.46. The summed E-state index contributed by atoms with van der Waals surface area (Å²) >= 11 is 0. The van der Waals surface area contributed by atoms with Gasteiger partial charge >= 0.3 is 0 Å². The highest BCUT2D eigenvalue weighted by molar-refractivity contribution is 5.85. The second-order valence-electron chi connectivity index (χ2n) is 5.78. The first kappa shape index (κ1) is 13.1. The molecule has 0 aliphatic carbocycles. The Bertz CT molecular complexity index is 555. The maximum atomic E-state index is 12.7. The van der Waals surface area contributed by atoms with E-state index in [1.807, 2.05) is 29.2 Å². The summed E-state index contributed by atoms with van der Waals surface area (Å²) in [6.45, 7) is 3.26. The molecule has 0 aromatic heterocycles. The third kappa shape index (κ3) is 2.19. The van der Waals surface area contributed by atoms with Crippen LogP contribution in [0.1, 0.15) is 30.4 Å². The zero-order chi connectivity index (χ0) is 14.0. The number of piperidine rings is 1. The van der Waals surface area contributed by atoms with Gasteiger partial charge in [-0.25, -0.2) is 0 Å². The average Bonchev–Trinajstić information content (AvgIpc) is 2.78. The molecule has 1 spiro atoms. The lowest BCUT2D eigenvalue weighted by atomic mass is 9.78. The van der Waals surface area contributed by atoms with E-state index in [0.29, 0.717) is 12.1 Å². The number of nitrogens with one attached hydrogen (secondary N) is 1. The maximum Gasteiger partial charge on any atom is 0.229 e. The molecule has 1 aromatic rings. The summed E-state index contributed by atoms with van der Waals surface area (Å²) in [5.74, 6) is 0.284. The van der Waals surface area contributed by atoms with E-state index >= 15 is 0 Å².